The Morgan fingerprint density at radius 2 is 2.22 bits per heavy atom. The monoisotopic (exact) mass is 269 g/mol. The van der Waals surface area contributed by atoms with Crippen LogP contribution in [0.25, 0.3) is 0 Å². The van der Waals surface area contributed by atoms with Crippen molar-refractivity contribution in [2.45, 2.75) is 19.8 Å². The number of rotatable bonds is 5. The normalized spacial score (nSPS) is 14.7. The molecule has 18 heavy (non-hydrogen) atoms. The summed E-state index contributed by atoms with van der Waals surface area (Å²) in [5.41, 5.74) is 2.41. The molecule has 0 bridgehead atoms. The van der Waals surface area contributed by atoms with Crippen LogP contribution in [0.2, 0.25) is 0 Å². The number of nitrogens with one attached hydrogen (secondary N) is 1. The van der Waals surface area contributed by atoms with Crippen molar-refractivity contribution < 1.29 is 13.2 Å². The highest BCUT2D eigenvalue weighted by atomic mass is 32.2. The lowest BCUT2D eigenvalue weighted by molar-refractivity contribution is 0.341. The van der Waals surface area contributed by atoms with Gasteiger partial charge in [0, 0.05) is 24.1 Å². The summed E-state index contributed by atoms with van der Waals surface area (Å²) in [5.74, 6) is 0.977. The Bertz CT molecular complexity index is 511. The maximum atomic E-state index is 11.3. The van der Waals surface area contributed by atoms with E-state index in [9.17, 15) is 8.42 Å². The van der Waals surface area contributed by atoms with Gasteiger partial charge in [-0.05, 0) is 24.5 Å². The van der Waals surface area contributed by atoms with Gasteiger partial charge in [0.1, 0.15) is 12.4 Å². The predicted octanol–water partition coefficient (Wildman–Crippen LogP) is 1.86. The van der Waals surface area contributed by atoms with E-state index in [1.165, 1.54) is 5.56 Å². The van der Waals surface area contributed by atoms with Gasteiger partial charge in [0.15, 0.2) is 9.84 Å². The van der Waals surface area contributed by atoms with Crippen LogP contribution in [0.5, 0.6) is 5.75 Å². The molecule has 100 valence electrons. The van der Waals surface area contributed by atoms with Gasteiger partial charge < -0.3 is 10.1 Å². The molecule has 1 N–H and O–H groups in total. The van der Waals surface area contributed by atoms with E-state index in [-0.39, 0.29) is 18.1 Å². The molecule has 2 rings (SSSR count). The molecule has 1 heterocycles. The van der Waals surface area contributed by atoms with E-state index >= 15 is 0 Å². The summed E-state index contributed by atoms with van der Waals surface area (Å²) in [6.07, 6.45) is 2.24. The van der Waals surface area contributed by atoms with E-state index in [1.54, 1.807) is 6.92 Å². The first-order valence-electron chi connectivity index (χ1n) is 6.31. The highest BCUT2D eigenvalue weighted by Crippen LogP contribution is 2.26. The fraction of sp³-hybridized carbons (Fsp3) is 0.538. The summed E-state index contributed by atoms with van der Waals surface area (Å²) in [6, 6.07) is 5.91. The third-order valence-corrected chi connectivity index (χ3v) is 4.79. The molecular weight excluding hydrogens is 250 g/mol. The molecule has 0 saturated carbocycles. The second-order valence-electron chi connectivity index (χ2n) is 4.43. The molecule has 0 fully saturated rings. The van der Waals surface area contributed by atoms with Gasteiger partial charge in [-0.15, -0.1) is 0 Å². The number of fused-ring (bicyclic) bond motifs is 1. The predicted molar refractivity (Wildman–Crippen MR) is 73.1 cm³/mol. The minimum atomic E-state index is -2.95. The Morgan fingerprint density at radius 3 is 3.00 bits per heavy atom. The largest absolute Gasteiger partial charge is 0.492 e. The van der Waals surface area contributed by atoms with Crippen molar-refractivity contribution >= 4 is 15.5 Å². The van der Waals surface area contributed by atoms with Gasteiger partial charge in [-0.2, -0.15) is 0 Å². The van der Waals surface area contributed by atoms with Crippen molar-refractivity contribution in [1.82, 2.24) is 0 Å². The number of benzene rings is 1. The smallest absolute Gasteiger partial charge is 0.153 e. The Labute approximate surface area is 108 Å². The lowest BCUT2D eigenvalue weighted by Gasteiger charge is -2.18. The topological polar surface area (TPSA) is 55.4 Å². The van der Waals surface area contributed by atoms with Gasteiger partial charge in [0.2, 0.25) is 0 Å². The maximum absolute atomic E-state index is 11.3. The van der Waals surface area contributed by atoms with Gasteiger partial charge >= 0.3 is 0 Å². The Morgan fingerprint density at radius 1 is 1.39 bits per heavy atom. The van der Waals surface area contributed by atoms with E-state index in [1.807, 2.05) is 18.2 Å². The average molecular weight is 269 g/mol. The first-order chi connectivity index (χ1) is 8.61. The minimum absolute atomic E-state index is 0.0774. The van der Waals surface area contributed by atoms with Crippen LogP contribution in [0.4, 0.5) is 5.69 Å². The second kappa shape index (κ2) is 5.61. The lowest BCUT2D eigenvalue weighted by atomic mass is 10.0. The number of aryl methyl sites for hydroxylation is 1. The molecule has 0 spiro atoms. The zero-order chi connectivity index (χ0) is 13.0. The SMILES string of the molecule is CCS(=O)(=O)CCOc1ccc2c(c1)NCCC2. The summed E-state index contributed by atoms with van der Waals surface area (Å²) in [6.45, 7) is 2.85. The molecule has 0 amide bonds. The molecule has 1 aliphatic rings. The number of hydrogen-bond donors (Lipinski definition) is 1. The van der Waals surface area contributed by atoms with Crippen LogP contribution in [0, 0.1) is 0 Å². The molecule has 0 aliphatic carbocycles. The van der Waals surface area contributed by atoms with E-state index in [2.05, 4.69) is 5.32 Å². The molecule has 1 aromatic rings. The van der Waals surface area contributed by atoms with Crippen LogP contribution in [0.15, 0.2) is 18.2 Å². The van der Waals surface area contributed by atoms with E-state index in [4.69, 9.17) is 4.74 Å². The Kier molecular flexibility index (Phi) is 4.11. The highest BCUT2D eigenvalue weighted by Gasteiger charge is 2.10. The molecule has 0 unspecified atom stereocenters. The zero-order valence-corrected chi connectivity index (χ0v) is 11.4. The fourth-order valence-corrected chi connectivity index (χ4v) is 2.59. The highest BCUT2D eigenvalue weighted by molar-refractivity contribution is 7.91. The molecule has 1 aliphatic heterocycles. The molecule has 0 aromatic heterocycles. The second-order valence-corrected chi connectivity index (χ2v) is 6.91. The zero-order valence-electron chi connectivity index (χ0n) is 10.6. The van der Waals surface area contributed by atoms with E-state index < -0.39 is 9.84 Å². The quantitative estimate of drug-likeness (QED) is 0.886. The number of ether oxygens (including phenoxy) is 1. The van der Waals surface area contributed by atoms with Crippen LogP contribution >= 0.6 is 0 Å². The van der Waals surface area contributed by atoms with Crippen LogP contribution < -0.4 is 10.1 Å². The van der Waals surface area contributed by atoms with Gasteiger partial charge in [-0.25, -0.2) is 8.42 Å². The first-order valence-corrected chi connectivity index (χ1v) is 8.13. The van der Waals surface area contributed by atoms with Crippen LogP contribution in [0.3, 0.4) is 0 Å². The molecule has 4 nitrogen and oxygen atoms in total. The molecular formula is C13H19NO3S. The average Bonchev–Trinajstić information content (AvgIpc) is 2.38. The summed E-state index contributed by atoms with van der Waals surface area (Å²) in [7, 11) is -2.95. The van der Waals surface area contributed by atoms with Crippen molar-refractivity contribution in [3.8, 4) is 5.75 Å². The van der Waals surface area contributed by atoms with Crippen molar-refractivity contribution in [1.29, 1.82) is 0 Å². The van der Waals surface area contributed by atoms with Gasteiger partial charge in [0.25, 0.3) is 0 Å². The van der Waals surface area contributed by atoms with Crippen LogP contribution in [0.1, 0.15) is 18.9 Å². The maximum Gasteiger partial charge on any atom is 0.153 e. The molecule has 1 aromatic carbocycles. The van der Waals surface area contributed by atoms with Crippen LogP contribution in [-0.2, 0) is 16.3 Å². The molecule has 0 radical (unpaired) electrons. The molecule has 0 atom stereocenters. The van der Waals surface area contributed by atoms with Gasteiger partial charge in [-0.3, -0.25) is 0 Å². The third kappa shape index (κ3) is 3.38. The number of sulfone groups is 1. The van der Waals surface area contributed by atoms with Crippen LogP contribution in [-0.4, -0.2) is 33.1 Å². The number of hydrogen-bond acceptors (Lipinski definition) is 4. The van der Waals surface area contributed by atoms with Crippen molar-refractivity contribution in [3.05, 3.63) is 23.8 Å². The summed E-state index contributed by atoms with van der Waals surface area (Å²) in [4.78, 5) is 0. The summed E-state index contributed by atoms with van der Waals surface area (Å²) in [5, 5.41) is 3.32. The van der Waals surface area contributed by atoms with E-state index in [0.717, 1.165) is 30.8 Å². The lowest BCUT2D eigenvalue weighted by Crippen LogP contribution is -2.16. The minimum Gasteiger partial charge on any atom is -0.492 e. The summed E-state index contributed by atoms with van der Waals surface area (Å²) < 4.78 is 28.2. The standard InChI is InChI=1S/C13H19NO3S/c1-2-18(15,16)9-8-17-12-6-5-11-4-3-7-14-13(11)10-12/h5-6,10,14H,2-4,7-9H2,1H3. The first kappa shape index (κ1) is 13.2. The van der Waals surface area contributed by atoms with Crippen molar-refractivity contribution in [2.75, 3.05) is 30.0 Å². The molecule has 5 heteroatoms. The number of anilines is 1. The Balaban J connectivity index is 1.94. The fourth-order valence-electron chi connectivity index (χ4n) is 1.96. The van der Waals surface area contributed by atoms with Gasteiger partial charge in [0.05, 0.1) is 5.75 Å². The Hall–Kier alpha value is -1.23. The van der Waals surface area contributed by atoms with Crippen molar-refractivity contribution in [2.24, 2.45) is 0 Å². The van der Waals surface area contributed by atoms with E-state index in [0.29, 0.717) is 0 Å². The van der Waals surface area contributed by atoms with Crippen molar-refractivity contribution in [3.63, 3.8) is 0 Å². The van der Waals surface area contributed by atoms with Gasteiger partial charge in [-0.1, -0.05) is 13.0 Å². The third-order valence-electron chi connectivity index (χ3n) is 3.12. The molecule has 0 saturated heterocycles. The summed E-state index contributed by atoms with van der Waals surface area (Å²) >= 11 is 0.